The summed E-state index contributed by atoms with van der Waals surface area (Å²) >= 11 is 0. The molecule has 0 bridgehead atoms. The second-order valence-electron chi connectivity index (χ2n) is 6.22. The molecule has 1 aliphatic heterocycles. The van der Waals surface area contributed by atoms with Crippen molar-refractivity contribution in [3.05, 3.63) is 54.5 Å². The van der Waals surface area contributed by atoms with Crippen molar-refractivity contribution in [1.82, 2.24) is 30.0 Å². The molecule has 4 rings (SSSR count). The number of hydrogen-bond donors (Lipinski definition) is 1. The SMILES string of the molecule is O=C(Nc1cccnn1)N1CCN(c2ncnc(-c3cccc(F)c3F)n2)CC1. The molecule has 1 fully saturated rings. The molecule has 0 spiro atoms. The molecular weight excluding hydrogens is 382 g/mol. The minimum absolute atomic E-state index is 0.0318. The van der Waals surface area contributed by atoms with Gasteiger partial charge in [-0.3, -0.25) is 5.32 Å². The number of nitrogens with zero attached hydrogens (tertiary/aromatic N) is 7. The zero-order chi connectivity index (χ0) is 20.2. The van der Waals surface area contributed by atoms with Crippen LogP contribution in [0.15, 0.2) is 42.9 Å². The number of nitrogens with one attached hydrogen (secondary N) is 1. The fourth-order valence-corrected chi connectivity index (χ4v) is 2.91. The summed E-state index contributed by atoms with van der Waals surface area (Å²) in [6.07, 6.45) is 2.78. The van der Waals surface area contributed by atoms with Gasteiger partial charge in [0, 0.05) is 32.4 Å². The molecule has 11 heteroatoms. The molecule has 2 aromatic heterocycles. The van der Waals surface area contributed by atoms with Gasteiger partial charge in [0.1, 0.15) is 6.33 Å². The van der Waals surface area contributed by atoms with Crippen molar-refractivity contribution in [2.75, 3.05) is 36.4 Å². The molecule has 1 aliphatic rings. The van der Waals surface area contributed by atoms with E-state index in [9.17, 15) is 13.6 Å². The highest BCUT2D eigenvalue weighted by atomic mass is 19.2. The maximum Gasteiger partial charge on any atom is 0.323 e. The van der Waals surface area contributed by atoms with Crippen LogP contribution in [0.3, 0.4) is 0 Å². The first-order valence-corrected chi connectivity index (χ1v) is 8.84. The van der Waals surface area contributed by atoms with E-state index in [-0.39, 0.29) is 17.4 Å². The lowest BCUT2D eigenvalue weighted by atomic mass is 10.2. The van der Waals surface area contributed by atoms with E-state index in [0.717, 1.165) is 6.07 Å². The van der Waals surface area contributed by atoms with Crippen LogP contribution < -0.4 is 10.2 Å². The molecule has 9 nitrogen and oxygen atoms in total. The predicted octanol–water partition coefficient (Wildman–Crippen LogP) is 1.96. The summed E-state index contributed by atoms with van der Waals surface area (Å²) in [5.41, 5.74) is -0.0318. The monoisotopic (exact) mass is 398 g/mol. The Bertz CT molecular complexity index is 1010. The number of urea groups is 1. The molecule has 0 atom stereocenters. The summed E-state index contributed by atoms with van der Waals surface area (Å²) in [6.45, 7) is 1.81. The number of benzene rings is 1. The highest BCUT2D eigenvalue weighted by molar-refractivity contribution is 5.88. The Labute approximate surface area is 164 Å². The van der Waals surface area contributed by atoms with Gasteiger partial charge >= 0.3 is 6.03 Å². The van der Waals surface area contributed by atoms with E-state index in [1.807, 2.05) is 4.90 Å². The molecule has 148 valence electrons. The number of aromatic nitrogens is 5. The normalized spacial score (nSPS) is 14.0. The van der Waals surface area contributed by atoms with Gasteiger partial charge < -0.3 is 9.80 Å². The Morgan fingerprint density at radius 3 is 2.62 bits per heavy atom. The predicted molar refractivity (Wildman–Crippen MR) is 100 cm³/mol. The molecule has 1 N–H and O–H groups in total. The highest BCUT2D eigenvalue weighted by Crippen LogP contribution is 2.22. The first kappa shape index (κ1) is 18.6. The Morgan fingerprint density at radius 2 is 1.86 bits per heavy atom. The largest absolute Gasteiger partial charge is 0.337 e. The molecule has 0 saturated carbocycles. The maximum atomic E-state index is 14.0. The van der Waals surface area contributed by atoms with Crippen LogP contribution in [-0.2, 0) is 0 Å². The van der Waals surface area contributed by atoms with Crippen molar-refractivity contribution in [2.45, 2.75) is 0 Å². The van der Waals surface area contributed by atoms with Crippen LogP contribution in [0.2, 0.25) is 0 Å². The van der Waals surface area contributed by atoms with E-state index in [4.69, 9.17) is 0 Å². The fraction of sp³-hybridized carbons (Fsp3) is 0.222. The Kier molecular flexibility index (Phi) is 5.18. The lowest BCUT2D eigenvalue weighted by Gasteiger charge is -2.34. The van der Waals surface area contributed by atoms with E-state index >= 15 is 0 Å². The summed E-state index contributed by atoms with van der Waals surface area (Å²) in [5, 5.41) is 10.2. The first-order chi connectivity index (χ1) is 14.1. The van der Waals surface area contributed by atoms with Crippen LogP contribution in [0.1, 0.15) is 0 Å². The highest BCUT2D eigenvalue weighted by Gasteiger charge is 2.24. The lowest BCUT2D eigenvalue weighted by Crippen LogP contribution is -2.50. The second kappa shape index (κ2) is 8.09. The third kappa shape index (κ3) is 4.08. The molecule has 1 saturated heterocycles. The second-order valence-corrected chi connectivity index (χ2v) is 6.22. The number of hydrogen-bond acceptors (Lipinski definition) is 7. The third-order valence-electron chi connectivity index (χ3n) is 4.41. The molecular formula is C18H16F2N8O. The molecule has 3 aromatic rings. The summed E-state index contributed by atoms with van der Waals surface area (Å²) < 4.78 is 27.5. The molecule has 0 unspecified atom stereocenters. The van der Waals surface area contributed by atoms with Gasteiger partial charge in [-0.05, 0) is 24.3 Å². The van der Waals surface area contributed by atoms with Crippen LogP contribution in [0.25, 0.3) is 11.4 Å². The van der Waals surface area contributed by atoms with Crippen molar-refractivity contribution in [1.29, 1.82) is 0 Å². The summed E-state index contributed by atoms with van der Waals surface area (Å²) in [5.74, 6) is -1.20. The van der Waals surface area contributed by atoms with Gasteiger partial charge in [-0.2, -0.15) is 10.1 Å². The number of anilines is 2. The van der Waals surface area contributed by atoms with Gasteiger partial charge in [0.25, 0.3) is 0 Å². The Hall–Kier alpha value is -3.76. The van der Waals surface area contributed by atoms with Crippen LogP contribution in [0.5, 0.6) is 0 Å². The van der Waals surface area contributed by atoms with Crippen LogP contribution in [0.4, 0.5) is 25.3 Å². The Balaban J connectivity index is 1.42. The molecule has 29 heavy (non-hydrogen) atoms. The summed E-state index contributed by atoms with van der Waals surface area (Å²) in [6, 6.07) is 6.90. The van der Waals surface area contributed by atoms with Gasteiger partial charge in [-0.25, -0.2) is 23.5 Å². The maximum absolute atomic E-state index is 14.0. The van der Waals surface area contributed by atoms with E-state index in [0.29, 0.717) is 37.9 Å². The van der Waals surface area contributed by atoms with Gasteiger partial charge in [-0.1, -0.05) is 6.07 Å². The van der Waals surface area contributed by atoms with Crippen molar-refractivity contribution in [2.24, 2.45) is 0 Å². The minimum atomic E-state index is -1.00. The minimum Gasteiger partial charge on any atom is -0.337 e. The number of piperazine rings is 1. The third-order valence-corrected chi connectivity index (χ3v) is 4.41. The van der Waals surface area contributed by atoms with E-state index < -0.39 is 11.6 Å². The topological polar surface area (TPSA) is 100 Å². The average molecular weight is 398 g/mol. The van der Waals surface area contributed by atoms with Gasteiger partial charge in [0.05, 0.1) is 5.56 Å². The molecule has 2 amide bonds. The quantitative estimate of drug-likeness (QED) is 0.720. The lowest BCUT2D eigenvalue weighted by molar-refractivity contribution is 0.208. The number of carbonyl (C=O) groups excluding carboxylic acids is 1. The molecule has 1 aromatic carbocycles. The Morgan fingerprint density at radius 1 is 1.03 bits per heavy atom. The van der Waals surface area contributed by atoms with E-state index in [2.05, 4.69) is 30.5 Å². The van der Waals surface area contributed by atoms with Crippen molar-refractivity contribution in [3.8, 4) is 11.4 Å². The van der Waals surface area contributed by atoms with Crippen LogP contribution in [0, 0.1) is 11.6 Å². The number of amides is 2. The summed E-state index contributed by atoms with van der Waals surface area (Å²) in [4.78, 5) is 28.2. The van der Waals surface area contributed by atoms with E-state index in [1.165, 1.54) is 24.7 Å². The van der Waals surface area contributed by atoms with Gasteiger partial charge in [0.15, 0.2) is 23.3 Å². The molecule has 3 heterocycles. The number of halogens is 2. The fourth-order valence-electron chi connectivity index (χ4n) is 2.91. The molecule has 0 aliphatic carbocycles. The first-order valence-electron chi connectivity index (χ1n) is 8.84. The smallest absolute Gasteiger partial charge is 0.323 e. The zero-order valence-corrected chi connectivity index (χ0v) is 15.2. The standard InChI is InChI=1S/C18H16F2N8O/c19-13-4-1-3-12(15(13)20)16-21-11-22-17(25-16)27-7-9-28(10-8-27)18(29)24-14-5-2-6-23-26-14/h1-6,11H,7-10H2,(H,24,26,29). The van der Waals surface area contributed by atoms with Crippen molar-refractivity contribution < 1.29 is 13.6 Å². The zero-order valence-electron chi connectivity index (χ0n) is 15.2. The van der Waals surface area contributed by atoms with Gasteiger partial charge in [-0.15, -0.1) is 5.10 Å². The summed E-state index contributed by atoms with van der Waals surface area (Å²) in [7, 11) is 0. The van der Waals surface area contributed by atoms with Crippen molar-refractivity contribution >= 4 is 17.8 Å². The number of rotatable bonds is 3. The van der Waals surface area contributed by atoms with Gasteiger partial charge in [0.2, 0.25) is 5.95 Å². The van der Waals surface area contributed by atoms with Crippen molar-refractivity contribution in [3.63, 3.8) is 0 Å². The van der Waals surface area contributed by atoms with Crippen LogP contribution in [-0.4, -0.2) is 62.3 Å². The number of carbonyl (C=O) groups is 1. The molecule has 0 radical (unpaired) electrons. The van der Waals surface area contributed by atoms with E-state index in [1.54, 1.807) is 17.0 Å². The average Bonchev–Trinajstić information content (AvgIpc) is 2.76. The van der Waals surface area contributed by atoms with Crippen LogP contribution >= 0.6 is 0 Å².